The van der Waals surface area contributed by atoms with Crippen LogP contribution in [0.1, 0.15) is 5.82 Å². The molecule has 0 radical (unpaired) electrons. The van der Waals surface area contributed by atoms with E-state index >= 15 is 0 Å². The summed E-state index contributed by atoms with van der Waals surface area (Å²) < 4.78 is 3.91. The number of alkyl halides is 1. The number of amides is 2. The molecule has 3 rings (SSSR count). The molecule has 1 aromatic rings. The number of oxime groups is 1. The summed E-state index contributed by atoms with van der Waals surface area (Å²) in [7, 11) is 1.26. The zero-order valence-corrected chi connectivity index (χ0v) is 16.3. The molecule has 2 saturated heterocycles. The number of aromatic nitrogens is 2. The summed E-state index contributed by atoms with van der Waals surface area (Å²) in [6, 6.07) is -0.817. The van der Waals surface area contributed by atoms with Crippen molar-refractivity contribution in [2.24, 2.45) is 10.6 Å². The van der Waals surface area contributed by atoms with Crippen LogP contribution in [0.3, 0.4) is 0 Å². The van der Waals surface area contributed by atoms with Crippen molar-refractivity contribution in [3.63, 3.8) is 0 Å². The van der Waals surface area contributed by atoms with Crippen LogP contribution < -0.4 is 11.1 Å². The molecule has 0 aliphatic carbocycles. The first-order valence-electron chi connectivity index (χ1n) is 7.56. The highest BCUT2D eigenvalue weighted by Gasteiger charge is 2.57. The Morgan fingerprint density at radius 3 is 2.89 bits per heavy atom. The number of hydrogen-bond donors (Lipinski definition) is 3. The molecule has 11 nitrogen and oxygen atoms in total. The van der Waals surface area contributed by atoms with Crippen LogP contribution in [0.25, 0.3) is 0 Å². The van der Waals surface area contributed by atoms with E-state index in [4.69, 9.17) is 17.3 Å². The second-order valence-corrected chi connectivity index (χ2v) is 8.07. The van der Waals surface area contributed by atoms with Gasteiger partial charge < -0.3 is 25.9 Å². The van der Waals surface area contributed by atoms with Crippen molar-refractivity contribution >= 4 is 63.5 Å². The number of β-lactam (4-membered cyclic amide) rings is 1. The Balaban J connectivity index is 1.71. The lowest BCUT2D eigenvalue weighted by molar-refractivity contribution is -0.157. The molecule has 2 aliphatic heterocycles. The Morgan fingerprint density at radius 2 is 2.33 bits per heavy atom. The maximum atomic E-state index is 12.5. The average Bonchev–Trinajstić information content (AvgIpc) is 3.08. The van der Waals surface area contributed by atoms with Gasteiger partial charge in [-0.3, -0.25) is 14.4 Å². The third-order valence-corrected chi connectivity index (χ3v) is 6.83. The number of rotatable bonds is 6. The van der Waals surface area contributed by atoms with Gasteiger partial charge in [-0.15, -0.1) is 23.4 Å². The predicted molar refractivity (Wildman–Crippen MR) is 98.5 cm³/mol. The highest BCUT2D eigenvalue weighted by Crippen LogP contribution is 2.42. The van der Waals surface area contributed by atoms with Gasteiger partial charge in [-0.1, -0.05) is 5.16 Å². The summed E-state index contributed by atoms with van der Waals surface area (Å²) in [4.78, 5) is 46.4. The average molecular weight is 435 g/mol. The molecule has 0 saturated carbocycles. The fraction of sp³-hybridized carbons (Fsp3) is 0.538. The quantitative estimate of drug-likeness (QED) is 0.225. The molecule has 146 valence electrons. The first kappa shape index (κ1) is 19.6. The SMILES string of the molecule is CON=C(C(=O)N[C@@H]1C(=O)N2CC(CCl)(C(=O)O)CS[C@H]12)c1nsc(N)n1. The van der Waals surface area contributed by atoms with Crippen LogP contribution in [0.2, 0.25) is 0 Å². The standard InChI is InChI=1S/C13H15ClN6O5S2/c1-25-18-5(7-17-12(15)27-19-7)8(21)16-6-9(22)20-3-13(2-14,11(23)24)4-26-10(6)20/h6,10H,2-4H2,1H3,(H,16,21)(H,23,24)(H2,15,17,19)/t6-,10-,13?/m1/s1. The highest BCUT2D eigenvalue weighted by molar-refractivity contribution is 8.00. The van der Waals surface area contributed by atoms with Crippen LogP contribution in [0.5, 0.6) is 0 Å². The van der Waals surface area contributed by atoms with Crippen LogP contribution in [-0.2, 0) is 19.2 Å². The van der Waals surface area contributed by atoms with Crippen molar-refractivity contribution in [3.8, 4) is 0 Å². The van der Waals surface area contributed by atoms with Crippen LogP contribution >= 0.6 is 34.9 Å². The zero-order chi connectivity index (χ0) is 19.8. The summed E-state index contributed by atoms with van der Waals surface area (Å²) in [6.45, 7) is -0.00209. The molecule has 2 fully saturated rings. The first-order valence-corrected chi connectivity index (χ1v) is 9.91. The molecule has 2 amide bonds. The summed E-state index contributed by atoms with van der Waals surface area (Å²) in [6.07, 6.45) is 0. The Kier molecular flexibility index (Phi) is 5.44. The van der Waals surface area contributed by atoms with E-state index in [0.29, 0.717) is 0 Å². The predicted octanol–water partition coefficient (Wildman–Crippen LogP) is -0.819. The van der Waals surface area contributed by atoms with Gasteiger partial charge in [0.1, 0.15) is 23.9 Å². The number of nitrogen functional groups attached to an aromatic ring is 1. The van der Waals surface area contributed by atoms with E-state index in [1.165, 1.54) is 23.8 Å². The van der Waals surface area contributed by atoms with E-state index < -0.39 is 23.3 Å². The largest absolute Gasteiger partial charge is 0.481 e. The molecule has 0 bridgehead atoms. The normalized spacial score (nSPS) is 27.6. The molecular formula is C13H15ClN6O5S2. The number of aliphatic carboxylic acids is 1. The summed E-state index contributed by atoms with van der Waals surface area (Å²) in [5, 5.41) is 15.4. The number of carboxylic acids is 1. The Morgan fingerprint density at radius 1 is 1.59 bits per heavy atom. The maximum absolute atomic E-state index is 12.5. The number of carbonyl (C=O) groups excluding carboxylic acids is 2. The lowest BCUT2D eigenvalue weighted by Crippen LogP contribution is -2.74. The number of fused-ring (bicyclic) bond motifs is 1. The minimum atomic E-state index is -1.20. The van der Waals surface area contributed by atoms with Gasteiger partial charge in [-0.2, -0.15) is 9.36 Å². The molecule has 1 aromatic heterocycles. The maximum Gasteiger partial charge on any atom is 0.313 e. The molecule has 3 atom stereocenters. The first-order chi connectivity index (χ1) is 12.8. The summed E-state index contributed by atoms with van der Waals surface area (Å²) >= 11 is 7.98. The van der Waals surface area contributed by atoms with Crippen LogP contribution in [0, 0.1) is 5.41 Å². The monoisotopic (exact) mass is 434 g/mol. The number of nitrogens with two attached hydrogens (primary N) is 1. The van der Waals surface area contributed by atoms with Crippen LogP contribution in [-0.4, -0.2) is 79.6 Å². The van der Waals surface area contributed by atoms with Gasteiger partial charge in [0.15, 0.2) is 5.13 Å². The van der Waals surface area contributed by atoms with Gasteiger partial charge >= 0.3 is 5.97 Å². The minimum Gasteiger partial charge on any atom is -0.481 e. The highest BCUT2D eigenvalue weighted by atomic mass is 35.5. The number of nitrogens with one attached hydrogen (secondary N) is 1. The van der Waals surface area contributed by atoms with E-state index in [1.54, 1.807) is 0 Å². The van der Waals surface area contributed by atoms with E-state index in [2.05, 4.69) is 24.7 Å². The molecule has 0 aromatic carbocycles. The van der Waals surface area contributed by atoms with Gasteiger partial charge in [0.05, 0.1) is 0 Å². The van der Waals surface area contributed by atoms with Crippen LogP contribution in [0.15, 0.2) is 5.16 Å². The van der Waals surface area contributed by atoms with Gasteiger partial charge in [-0.05, 0) is 0 Å². The number of anilines is 1. The molecule has 1 unspecified atom stereocenters. The molecule has 2 aliphatic rings. The van der Waals surface area contributed by atoms with E-state index in [1.807, 2.05) is 0 Å². The van der Waals surface area contributed by atoms with Gasteiger partial charge in [-0.25, -0.2) is 0 Å². The fourth-order valence-electron chi connectivity index (χ4n) is 2.71. The molecule has 0 spiro atoms. The van der Waals surface area contributed by atoms with Crippen molar-refractivity contribution in [1.29, 1.82) is 0 Å². The van der Waals surface area contributed by atoms with Gasteiger partial charge in [0.2, 0.25) is 17.4 Å². The molecule has 3 heterocycles. The van der Waals surface area contributed by atoms with Gasteiger partial charge in [0, 0.05) is 29.7 Å². The Bertz CT molecular complexity index is 819. The summed E-state index contributed by atoms with van der Waals surface area (Å²) in [5.74, 6) is -2.02. The number of hydrogen-bond acceptors (Lipinski definition) is 10. The second-order valence-electron chi connectivity index (χ2n) is 5.92. The third kappa shape index (κ3) is 3.41. The van der Waals surface area contributed by atoms with E-state index in [9.17, 15) is 19.5 Å². The lowest BCUT2D eigenvalue weighted by Gasteiger charge is -2.53. The number of halogens is 1. The fourth-order valence-corrected chi connectivity index (χ4v) is 5.09. The van der Waals surface area contributed by atoms with Crippen molar-refractivity contribution in [2.75, 3.05) is 31.0 Å². The number of nitrogens with zero attached hydrogens (tertiary/aromatic N) is 4. The zero-order valence-electron chi connectivity index (χ0n) is 13.9. The summed E-state index contributed by atoms with van der Waals surface area (Å²) in [5.41, 5.74) is 4.11. The van der Waals surface area contributed by atoms with Crippen molar-refractivity contribution in [3.05, 3.63) is 5.82 Å². The molecular weight excluding hydrogens is 420 g/mol. The Labute approximate surface area is 166 Å². The van der Waals surface area contributed by atoms with Crippen LogP contribution in [0.4, 0.5) is 5.13 Å². The number of carbonyl (C=O) groups is 3. The van der Waals surface area contributed by atoms with Crippen molar-refractivity contribution in [1.82, 2.24) is 19.6 Å². The van der Waals surface area contributed by atoms with Crippen molar-refractivity contribution < 1.29 is 24.3 Å². The Hall–Kier alpha value is -2.12. The van der Waals surface area contributed by atoms with E-state index in [0.717, 1.165) is 11.5 Å². The smallest absolute Gasteiger partial charge is 0.313 e. The number of carboxylic acid groups (broad SMARTS) is 1. The van der Waals surface area contributed by atoms with Gasteiger partial charge in [0.25, 0.3) is 5.91 Å². The van der Waals surface area contributed by atoms with E-state index in [-0.39, 0.29) is 46.1 Å². The molecule has 27 heavy (non-hydrogen) atoms. The third-order valence-electron chi connectivity index (χ3n) is 4.19. The van der Waals surface area contributed by atoms with Crippen molar-refractivity contribution in [2.45, 2.75) is 11.4 Å². The molecule has 14 heteroatoms. The molecule has 4 N–H and O–H groups in total. The lowest BCUT2D eigenvalue weighted by atomic mass is 9.89. The number of thioether (sulfide) groups is 1. The second kappa shape index (κ2) is 7.48. The minimum absolute atomic E-state index is 0.00209. The topological polar surface area (TPSA) is 160 Å².